The zero-order chi connectivity index (χ0) is 42.9. The van der Waals surface area contributed by atoms with Gasteiger partial charge in [0.15, 0.2) is 0 Å². The summed E-state index contributed by atoms with van der Waals surface area (Å²) >= 11 is 0. The Kier molecular flexibility index (Phi) is 12.4. The second-order valence-corrected chi connectivity index (χ2v) is 17.9. The predicted molar refractivity (Wildman–Crippen MR) is 238 cm³/mol. The second-order valence-electron chi connectivity index (χ2n) is 17.9. The summed E-state index contributed by atoms with van der Waals surface area (Å²) in [4.78, 5) is 0. The van der Waals surface area contributed by atoms with Gasteiger partial charge in [0.2, 0.25) is 0 Å². The van der Waals surface area contributed by atoms with E-state index in [1.165, 1.54) is 6.42 Å². The van der Waals surface area contributed by atoms with E-state index in [0.717, 1.165) is 90.0 Å². The Morgan fingerprint density at radius 3 is 2.19 bits per heavy atom. The average molecular weight is 845 g/mol. The number of rotatable bonds is 13. The molecule has 0 radical (unpaired) electrons. The fourth-order valence-electron chi connectivity index (χ4n) is 10.6. The van der Waals surface area contributed by atoms with Crippen molar-refractivity contribution in [2.45, 2.75) is 121 Å². The number of benzene rings is 5. The molecule has 2 aliphatic heterocycles. The topological polar surface area (TPSA) is 147 Å². The molecule has 2 saturated carbocycles. The van der Waals surface area contributed by atoms with Gasteiger partial charge in [-0.25, -0.2) is 0 Å². The fourth-order valence-corrected chi connectivity index (χ4v) is 10.6. The third kappa shape index (κ3) is 8.49. The van der Waals surface area contributed by atoms with Gasteiger partial charge < -0.3 is 49.2 Å². The number of methoxy groups -OCH3 is 1. The maximum Gasteiger partial charge on any atom is 0.133 e. The molecule has 2 fully saturated rings. The summed E-state index contributed by atoms with van der Waals surface area (Å²) in [5.74, 6) is 1.70. The van der Waals surface area contributed by atoms with Crippen molar-refractivity contribution in [3.05, 3.63) is 101 Å². The number of fused-ring (bicyclic) bond motifs is 4. The van der Waals surface area contributed by atoms with Crippen LogP contribution in [0, 0.1) is 11.8 Å². The fraction of sp³-hybridized carbons (Fsp3) is 0.462. The first-order valence-electron chi connectivity index (χ1n) is 22.8. The van der Waals surface area contributed by atoms with Gasteiger partial charge in [-0.3, -0.25) is 0 Å². The highest BCUT2D eigenvalue weighted by molar-refractivity contribution is 5.96. The number of aliphatic hydroxyl groups is 2. The Labute approximate surface area is 364 Å². The van der Waals surface area contributed by atoms with Gasteiger partial charge in [-0.1, -0.05) is 25.5 Å². The van der Waals surface area contributed by atoms with E-state index in [1.807, 2.05) is 49.4 Å². The van der Waals surface area contributed by atoms with Crippen LogP contribution in [0.3, 0.4) is 0 Å². The molecule has 5 atom stereocenters. The van der Waals surface area contributed by atoms with Crippen LogP contribution in [0.15, 0.2) is 72.8 Å². The number of aliphatic hydroxyl groups excluding tert-OH is 2. The molecule has 0 amide bonds. The molecule has 328 valence electrons. The van der Waals surface area contributed by atoms with Crippen molar-refractivity contribution < 1.29 is 49.2 Å². The maximum atomic E-state index is 12.7. The zero-order valence-corrected chi connectivity index (χ0v) is 35.9. The van der Waals surface area contributed by atoms with E-state index in [2.05, 4.69) is 0 Å². The van der Waals surface area contributed by atoms with Crippen molar-refractivity contribution in [2.24, 2.45) is 11.8 Å². The van der Waals surface area contributed by atoms with Gasteiger partial charge in [-0.15, -0.1) is 0 Å². The highest BCUT2D eigenvalue weighted by atomic mass is 16.5. The lowest BCUT2D eigenvalue weighted by Gasteiger charge is -2.45. The van der Waals surface area contributed by atoms with E-state index < -0.39 is 30.1 Å². The molecule has 5 aromatic rings. The standard InChI is InChI=1S/C52H60O10/c1-3-30-24-40(31-11-9-12-34(53)22-31)32(25-45(30)55)21-33-23-38(60-36-15-7-8-16-36)27-42-49(56)44(29-59-51(33)42)48-46(17-10-20-58-2)62-52-39-19-18-35(54)26-41(39)47(28-43(52)50(48)57)61-37-13-5-4-6-14-37/h9,11-12,18-19,22-28,36-37,44,46,48-50,53-57H,3-8,10,13-17,20-21,29H2,1-2H3/t44-,46+,48+,49-,50+/m1/s1. The van der Waals surface area contributed by atoms with Gasteiger partial charge in [-0.05, 0) is 154 Å². The molecule has 0 aromatic heterocycles. The van der Waals surface area contributed by atoms with Crippen LogP contribution in [0.5, 0.6) is 40.2 Å². The summed E-state index contributed by atoms with van der Waals surface area (Å²) < 4.78 is 32.5. The molecule has 4 aliphatic rings. The molecule has 0 bridgehead atoms. The predicted octanol–water partition coefficient (Wildman–Crippen LogP) is 10.4. The van der Waals surface area contributed by atoms with E-state index in [9.17, 15) is 25.5 Å². The summed E-state index contributed by atoms with van der Waals surface area (Å²) in [6, 6.07) is 21.9. The maximum absolute atomic E-state index is 12.7. The number of ether oxygens (including phenoxy) is 5. The summed E-state index contributed by atoms with van der Waals surface area (Å²) in [7, 11) is 1.67. The number of phenolic OH excluding ortho intramolecular Hbond substituents is 3. The Morgan fingerprint density at radius 1 is 0.694 bits per heavy atom. The smallest absolute Gasteiger partial charge is 0.133 e. The molecule has 5 N–H and O–H groups in total. The summed E-state index contributed by atoms with van der Waals surface area (Å²) in [6.07, 6.45) is 9.14. The Balaban J connectivity index is 1.11. The minimum atomic E-state index is -1.05. The number of aryl methyl sites for hydroxylation is 1. The van der Waals surface area contributed by atoms with Crippen molar-refractivity contribution >= 4 is 10.8 Å². The van der Waals surface area contributed by atoms with Crippen molar-refractivity contribution in [3.8, 4) is 51.4 Å². The molecule has 9 rings (SSSR count). The molecule has 10 heteroatoms. The summed E-state index contributed by atoms with van der Waals surface area (Å²) in [6.45, 7) is 2.63. The van der Waals surface area contributed by atoms with E-state index >= 15 is 0 Å². The first-order chi connectivity index (χ1) is 30.2. The quantitative estimate of drug-likeness (QED) is 0.0726. The van der Waals surface area contributed by atoms with Crippen LogP contribution in [0.25, 0.3) is 21.9 Å². The van der Waals surface area contributed by atoms with Gasteiger partial charge in [0.25, 0.3) is 0 Å². The van der Waals surface area contributed by atoms with E-state index in [1.54, 1.807) is 37.4 Å². The van der Waals surface area contributed by atoms with E-state index in [4.69, 9.17) is 23.7 Å². The number of hydrogen-bond donors (Lipinski definition) is 5. The highest BCUT2D eigenvalue weighted by Gasteiger charge is 2.48. The van der Waals surface area contributed by atoms with Gasteiger partial charge >= 0.3 is 0 Å². The SMILES string of the molecule is CCc1cc(-c2cccc(O)c2)c(Cc2cc(OC3CCCC3)cc3c2OC[C@H]([C@H]2[C@H](CCCOC)Oc4c(cc(OC5CCCCC5)c5cc(O)ccc45)[C@@H]2O)[C@@H]3O)cc1O. The number of phenols is 3. The molecule has 2 heterocycles. The average Bonchev–Trinajstić information content (AvgIpc) is 3.78. The summed E-state index contributed by atoms with van der Waals surface area (Å²) in [5.41, 5.74) is 5.33. The largest absolute Gasteiger partial charge is 0.508 e. The third-order valence-corrected chi connectivity index (χ3v) is 13.8. The normalized spacial score (nSPS) is 22.7. The monoisotopic (exact) mass is 844 g/mol. The second kappa shape index (κ2) is 18.3. The molecule has 10 nitrogen and oxygen atoms in total. The first kappa shape index (κ1) is 42.2. The van der Waals surface area contributed by atoms with Gasteiger partial charge in [0.1, 0.15) is 46.4 Å². The lowest BCUT2D eigenvalue weighted by molar-refractivity contribution is -0.0884. The minimum absolute atomic E-state index is 0.0379. The molecule has 62 heavy (non-hydrogen) atoms. The van der Waals surface area contributed by atoms with Gasteiger partial charge in [-0.2, -0.15) is 0 Å². The van der Waals surface area contributed by atoms with Crippen molar-refractivity contribution in [1.29, 1.82) is 0 Å². The van der Waals surface area contributed by atoms with Crippen LogP contribution in [0.4, 0.5) is 0 Å². The molecule has 5 aromatic carbocycles. The van der Waals surface area contributed by atoms with E-state index in [0.29, 0.717) is 66.4 Å². The summed E-state index contributed by atoms with van der Waals surface area (Å²) in [5, 5.41) is 59.1. The van der Waals surface area contributed by atoms with Crippen LogP contribution in [0.1, 0.15) is 118 Å². The lowest BCUT2D eigenvalue weighted by Crippen LogP contribution is -2.46. The Hall–Kier alpha value is -5.16. The lowest BCUT2D eigenvalue weighted by atomic mass is 9.72. The van der Waals surface area contributed by atoms with Crippen molar-refractivity contribution in [1.82, 2.24) is 0 Å². The minimum Gasteiger partial charge on any atom is -0.508 e. The van der Waals surface area contributed by atoms with Crippen LogP contribution < -0.4 is 18.9 Å². The van der Waals surface area contributed by atoms with Gasteiger partial charge in [0.05, 0.1) is 31.0 Å². The molecule has 0 unspecified atom stereocenters. The Bertz CT molecular complexity index is 2380. The third-order valence-electron chi connectivity index (χ3n) is 13.8. The molecule has 0 spiro atoms. The molecular formula is C52H60O10. The van der Waals surface area contributed by atoms with Crippen molar-refractivity contribution in [3.63, 3.8) is 0 Å². The molecule has 2 aliphatic carbocycles. The van der Waals surface area contributed by atoms with Crippen LogP contribution in [-0.4, -0.2) is 64.2 Å². The van der Waals surface area contributed by atoms with Crippen LogP contribution in [0.2, 0.25) is 0 Å². The molecular weight excluding hydrogens is 785 g/mol. The number of aromatic hydroxyl groups is 3. The zero-order valence-electron chi connectivity index (χ0n) is 35.9. The number of hydrogen-bond acceptors (Lipinski definition) is 10. The van der Waals surface area contributed by atoms with Crippen LogP contribution >= 0.6 is 0 Å². The van der Waals surface area contributed by atoms with Gasteiger partial charge in [0, 0.05) is 59.4 Å². The van der Waals surface area contributed by atoms with Crippen molar-refractivity contribution in [2.75, 3.05) is 20.3 Å². The van der Waals surface area contributed by atoms with Crippen LogP contribution in [-0.2, 0) is 17.6 Å². The Morgan fingerprint density at radius 2 is 1.44 bits per heavy atom. The molecule has 0 saturated heterocycles. The van der Waals surface area contributed by atoms with E-state index in [-0.39, 0.29) is 36.1 Å². The highest BCUT2D eigenvalue weighted by Crippen LogP contribution is 2.54. The first-order valence-corrected chi connectivity index (χ1v) is 22.8.